The van der Waals surface area contributed by atoms with E-state index in [1.807, 2.05) is 30.3 Å². The summed E-state index contributed by atoms with van der Waals surface area (Å²) in [5.41, 5.74) is -0.383. The van der Waals surface area contributed by atoms with E-state index < -0.39 is 17.8 Å². The summed E-state index contributed by atoms with van der Waals surface area (Å²) in [6.07, 6.45) is -1.22. The molecule has 142 valence electrons. The molecule has 1 aromatic heterocycles. The van der Waals surface area contributed by atoms with Crippen LogP contribution in [0, 0.1) is 0 Å². The highest BCUT2D eigenvalue weighted by atomic mass is 19.4. The summed E-state index contributed by atoms with van der Waals surface area (Å²) in [5.74, 6) is 0. The maximum absolute atomic E-state index is 13.4. The van der Waals surface area contributed by atoms with Crippen LogP contribution in [0.15, 0.2) is 76.8 Å². The van der Waals surface area contributed by atoms with E-state index in [1.165, 1.54) is 46.4 Å². The summed E-state index contributed by atoms with van der Waals surface area (Å²) in [4.78, 5) is 12.5. The average molecular weight is 384 g/mol. The number of aromatic nitrogens is 2. The van der Waals surface area contributed by atoms with Crippen LogP contribution in [0.25, 0.3) is 5.69 Å². The van der Waals surface area contributed by atoms with Gasteiger partial charge >= 0.3 is 6.18 Å². The van der Waals surface area contributed by atoms with Gasteiger partial charge in [-0.15, -0.1) is 0 Å². The molecule has 8 heteroatoms. The number of para-hydroxylation sites is 2. The fraction of sp³-hybridized carbons (Fsp3) is 0.150. The summed E-state index contributed by atoms with van der Waals surface area (Å²) in [7, 11) is 0. The lowest BCUT2D eigenvalue weighted by molar-refractivity contribution is -0.137. The molecule has 0 radical (unpaired) electrons. The van der Waals surface area contributed by atoms with Gasteiger partial charge in [-0.25, -0.2) is 4.68 Å². The predicted octanol–water partition coefficient (Wildman–Crippen LogP) is 4.19. The van der Waals surface area contributed by atoms with Gasteiger partial charge in [0, 0.05) is 24.9 Å². The second-order valence-electron chi connectivity index (χ2n) is 6.25. The van der Waals surface area contributed by atoms with E-state index in [9.17, 15) is 18.0 Å². The molecule has 0 spiro atoms. The number of alkyl halides is 3. The van der Waals surface area contributed by atoms with Crippen LogP contribution in [0.5, 0.6) is 0 Å². The Balaban J connectivity index is 1.78. The maximum atomic E-state index is 13.4. The van der Waals surface area contributed by atoms with Gasteiger partial charge in [0.1, 0.15) is 11.7 Å². The first-order valence-electron chi connectivity index (χ1n) is 8.58. The molecule has 1 aliphatic rings. The van der Waals surface area contributed by atoms with E-state index in [0.717, 1.165) is 11.8 Å². The fourth-order valence-electron chi connectivity index (χ4n) is 3.16. The largest absolute Gasteiger partial charge is 0.418 e. The molecule has 5 nitrogen and oxygen atoms in total. The zero-order chi connectivity index (χ0) is 19.7. The lowest BCUT2D eigenvalue weighted by Gasteiger charge is -2.26. The Hall–Kier alpha value is -3.42. The van der Waals surface area contributed by atoms with Crippen LogP contribution in [0.2, 0.25) is 0 Å². The Bertz CT molecular complexity index is 1080. The Morgan fingerprint density at radius 2 is 1.68 bits per heavy atom. The number of hydrogen-bond donors (Lipinski definition) is 0. The van der Waals surface area contributed by atoms with Gasteiger partial charge in [0.25, 0.3) is 0 Å². The number of nitrogens with zero attached hydrogens (tertiary/aromatic N) is 4. The van der Waals surface area contributed by atoms with E-state index in [0.29, 0.717) is 0 Å². The summed E-state index contributed by atoms with van der Waals surface area (Å²) in [5, 5.41) is 9.72. The smallest absolute Gasteiger partial charge is 0.288 e. The Morgan fingerprint density at radius 3 is 2.43 bits per heavy atom. The highest BCUT2D eigenvalue weighted by Crippen LogP contribution is 2.40. The predicted molar refractivity (Wildman–Crippen MR) is 99.6 cm³/mol. The first-order valence-corrected chi connectivity index (χ1v) is 8.58. The average Bonchev–Trinajstić information content (AvgIpc) is 3.18. The lowest BCUT2D eigenvalue weighted by atomic mass is 10.1. The molecule has 0 bridgehead atoms. The minimum atomic E-state index is -4.53. The third-order valence-electron chi connectivity index (χ3n) is 4.46. The number of anilines is 1. The van der Waals surface area contributed by atoms with Crippen LogP contribution in [0.1, 0.15) is 23.7 Å². The maximum Gasteiger partial charge on any atom is 0.418 e. The molecule has 0 aliphatic carbocycles. The topological polar surface area (TPSA) is 50.5 Å². The Morgan fingerprint density at radius 1 is 0.964 bits per heavy atom. The lowest BCUT2D eigenvalue weighted by Crippen LogP contribution is -2.28. The first kappa shape index (κ1) is 18.0. The summed E-state index contributed by atoms with van der Waals surface area (Å²) in [6.45, 7) is 0. The molecule has 0 amide bonds. The Kier molecular flexibility index (Phi) is 4.46. The molecule has 0 saturated carbocycles. The normalized spacial score (nSPS) is 16.5. The zero-order valence-electron chi connectivity index (χ0n) is 14.5. The highest BCUT2D eigenvalue weighted by molar-refractivity contribution is 5.69. The van der Waals surface area contributed by atoms with Gasteiger partial charge in [-0.3, -0.25) is 9.80 Å². The van der Waals surface area contributed by atoms with Crippen molar-refractivity contribution in [1.29, 1.82) is 0 Å². The number of rotatable bonds is 3. The molecule has 4 rings (SSSR count). The third-order valence-corrected chi connectivity index (χ3v) is 4.46. The van der Waals surface area contributed by atoms with Crippen molar-refractivity contribution in [1.82, 2.24) is 9.78 Å². The highest BCUT2D eigenvalue weighted by Gasteiger charge is 2.38. The summed E-state index contributed by atoms with van der Waals surface area (Å²) in [6, 6.07) is 15.0. The molecule has 0 N–H and O–H groups in total. The van der Waals surface area contributed by atoms with E-state index in [1.54, 1.807) is 0 Å². The van der Waals surface area contributed by atoms with Crippen molar-refractivity contribution in [2.24, 2.45) is 5.10 Å². The van der Waals surface area contributed by atoms with Crippen molar-refractivity contribution in [2.75, 3.05) is 5.01 Å². The van der Waals surface area contributed by atoms with Gasteiger partial charge in [0.2, 0.25) is 5.43 Å². The van der Waals surface area contributed by atoms with Crippen molar-refractivity contribution < 1.29 is 13.2 Å². The molecule has 3 aromatic rings. The third kappa shape index (κ3) is 3.28. The van der Waals surface area contributed by atoms with Gasteiger partial charge in [-0.2, -0.15) is 23.4 Å². The standard InChI is InChI=1S/C20H15F3N4O/c21-20(22,23)15-8-4-5-9-16(15)27-17(10-12-24-27)19-18(28)11-13-26(25-19)14-6-2-1-3-7-14/h1-9,11-13,17H,10H2. The summed E-state index contributed by atoms with van der Waals surface area (Å²) < 4.78 is 41.8. The second-order valence-corrected chi connectivity index (χ2v) is 6.25. The fourth-order valence-corrected chi connectivity index (χ4v) is 3.16. The van der Waals surface area contributed by atoms with Crippen molar-refractivity contribution in [2.45, 2.75) is 18.6 Å². The molecule has 28 heavy (non-hydrogen) atoms. The van der Waals surface area contributed by atoms with E-state index in [-0.39, 0.29) is 23.2 Å². The quantitative estimate of drug-likeness (QED) is 0.681. The molecular weight excluding hydrogens is 369 g/mol. The van der Waals surface area contributed by atoms with Gasteiger partial charge in [0.15, 0.2) is 0 Å². The van der Waals surface area contributed by atoms with Gasteiger partial charge < -0.3 is 0 Å². The van der Waals surface area contributed by atoms with Crippen molar-refractivity contribution in [3.05, 3.63) is 88.3 Å². The van der Waals surface area contributed by atoms with Crippen molar-refractivity contribution >= 4 is 11.9 Å². The van der Waals surface area contributed by atoms with Crippen LogP contribution in [-0.4, -0.2) is 16.0 Å². The first-order chi connectivity index (χ1) is 13.4. The molecule has 1 atom stereocenters. The SMILES string of the molecule is O=c1ccn(-c2ccccc2)nc1C1CC=NN1c1ccccc1C(F)(F)F. The summed E-state index contributed by atoms with van der Waals surface area (Å²) >= 11 is 0. The molecular formula is C20H15F3N4O. The number of halogens is 3. The van der Waals surface area contributed by atoms with Crippen molar-refractivity contribution in [3.63, 3.8) is 0 Å². The number of benzene rings is 2. The Labute approximate surface area is 158 Å². The molecule has 1 aliphatic heterocycles. The van der Waals surface area contributed by atoms with Crippen LogP contribution in [0.4, 0.5) is 18.9 Å². The molecule has 1 unspecified atom stereocenters. The van der Waals surface area contributed by atoms with Gasteiger partial charge in [-0.05, 0) is 24.3 Å². The minimum Gasteiger partial charge on any atom is -0.288 e. The second kappa shape index (κ2) is 6.95. The molecule has 2 aromatic carbocycles. The van der Waals surface area contributed by atoms with E-state index in [2.05, 4.69) is 10.2 Å². The van der Waals surface area contributed by atoms with Crippen LogP contribution >= 0.6 is 0 Å². The minimum absolute atomic E-state index is 0.106. The number of hydrazone groups is 1. The van der Waals surface area contributed by atoms with Crippen molar-refractivity contribution in [3.8, 4) is 5.69 Å². The van der Waals surface area contributed by atoms with Gasteiger partial charge in [-0.1, -0.05) is 30.3 Å². The van der Waals surface area contributed by atoms with Crippen LogP contribution < -0.4 is 10.4 Å². The van der Waals surface area contributed by atoms with E-state index >= 15 is 0 Å². The molecule has 2 heterocycles. The van der Waals surface area contributed by atoms with Crippen LogP contribution in [-0.2, 0) is 6.18 Å². The monoisotopic (exact) mass is 384 g/mol. The molecule has 0 fully saturated rings. The zero-order valence-corrected chi connectivity index (χ0v) is 14.5. The van der Waals surface area contributed by atoms with Gasteiger partial charge in [0.05, 0.1) is 16.9 Å². The van der Waals surface area contributed by atoms with E-state index in [4.69, 9.17) is 0 Å². The molecule has 0 saturated heterocycles. The van der Waals surface area contributed by atoms with Crippen LogP contribution in [0.3, 0.4) is 0 Å². The number of hydrogen-bond acceptors (Lipinski definition) is 4.